The molecule has 1 aromatic heterocycles. The van der Waals surface area contributed by atoms with Crippen molar-refractivity contribution in [2.45, 2.75) is 18.9 Å². The quantitative estimate of drug-likeness (QED) is 0.714. The zero-order valence-electron chi connectivity index (χ0n) is 10.9. The molecule has 1 aliphatic carbocycles. The standard InChI is InChI=1S/C16H14ClN3/c17-12-5-3-7-14-15(12)20(10-8-9-10)16(19-14)11-4-1-2-6-13(11)18/h1-7,10H,8-9,18H2. The second-order valence-corrected chi connectivity index (χ2v) is 5.64. The molecule has 0 unspecified atom stereocenters. The van der Waals surface area contributed by atoms with Crippen LogP contribution in [0.2, 0.25) is 5.02 Å². The highest BCUT2D eigenvalue weighted by molar-refractivity contribution is 6.35. The average Bonchev–Trinajstić information content (AvgIpc) is 3.20. The highest BCUT2D eigenvalue weighted by atomic mass is 35.5. The second-order valence-electron chi connectivity index (χ2n) is 5.23. The zero-order chi connectivity index (χ0) is 13.7. The average molecular weight is 284 g/mol. The van der Waals surface area contributed by atoms with Crippen LogP contribution in [-0.2, 0) is 0 Å². The lowest BCUT2D eigenvalue weighted by atomic mass is 10.1. The first-order chi connectivity index (χ1) is 9.75. The molecule has 3 nitrogen and oxygen atoms in total. The van der Waals surface area contributed by atoms with Crippen LogP contribution in [0.3, 0.4) is 0 Å². The number of anilines is 1. The van der Waals surface area contributed by atoms with Gasteiger partial charge in [0.05, 0.1) is 16.1 Å². The summed E-state index contributed by atoms with van der Waals surface area (Å²) in [5.41, 5.74) is 9.80. The van der Waals surface area contributed by atoms with E-state index in [0.717, 1.165) is 33.1 Å². The molecule has 0 bridgehead atoms. The fraction of sp³-hybridized carbons (Fsp3) is 0.188. The third-order valence-electron chi connectivity index (χ3n) is 3.77. The van der Waals surface area contributed by atoms with Gasteiger partial charge in [-0.15, -0.1) is 0 Å². The Morgan fingerprint density at radius 1 is 1.10 bits per heavy atom. The van der Waals surface area contributed by atoms with Crippen molar-refractivity contribution in [1.82, 2.24) is 9.55 Å². The van der Waals surface area contributed by atoms with Gasteiger partial charge in [-0.1, -0.05) is 29.8 Å². The fourth-order valence-electron chi connectivity index (χ4n) is 2.69. The molecular formula is C16H14ClN3. The number of fused-ring (bicyclic) bond motifs is 1. The molecular weight excluding hydrogens is 270 g/mol. The van der Waals surface area contributed by atoms with Gasteiger partial charge in [0.2, 0.25) is 0 Å². The van der Waals surface area contributed by atoms with Crippen molar-refractivity contribution < 1.29 is 0 Å². The Morgan fingerprint density at radius 3 is 2.65 bits per heavy atom. The molecule has 2 N–H and O–H groups in total. The van der Waals surface area contributed by atoms with E-state index in [0.29, 0.717) is 6.04 Å². The van der Waals surface area contributed by atoms with Crippen molar-refractivity contribution in [2.24, 2.45) is 0 Å². The summed E-state index contributed by atoms with van der Waals surface area (Å²) in [7, 11) is 0. The van der Waals surface area contributed by atoms with Crippen LogP contribution in [0.1, 0.15) is 18.9 Å². The molecule has 0 radical (unpaired) electrons. The monoisotopic (exact) mass is 283 g/mol. The molecule has 4 rings (SSSR count). The predicted molar refractivity (Wildman–Crippen MR) is 82.9 cm³/mol. The molecule has 0 spiro atoms. The number of aromatic nitrogens is 2. The van der Waals surface area contributed by atoms with Crippen molar-refractivity contribution in [3.63, 3.8) is 0 Å². The van der Waals surface area contributed by atoms with Gasteiger partial charge in [0.25, 0.3) is 0 Å². The summed E-state index contributed by atoms with van der Waals surface area (Å²) in [5, 5.41) is 0.752. The lowest BCUT2D eigenvalue weighted by Gasteiger charge is -2.10. The van der Waals surface area contributed by atoms with Crippen LogP contribution >= 0.6 is 11.6 Å². The van der Waals surface area contributed by atoms with Crippen LogP contribution in [0.15, 0.2) is 42.5 Å². The summed E-state index contributed by atoms with van der Waals surface area (Å²) in [6, 6.07) is 14.2. The number of benzene rings is 2. The van der Waals surface area contributed by atoms with E-state index in [9.17, 15) is 0 Å². The molecule has 0 amide bonds. The van der Waals surface area contributed by atoms with Gasteiger partial charge in [-0.2, -0.15) is 0 Å². The van der Waals surface area contributed by atoms with Crippen molar-refractivity contribution in [1.29, 1.82) is 0 Å². The Bertz CT molecular complexity index is 803. The Hall–Kier alpha value is -2.00. The van der Waals surface area contributed by atoms with Crippen LogP contribution in [-0.4, -0.2) is 9.55 Å². The van der Waals surface area contributed by atoms with Gasteiger partial charge in [0.1, 0.15) is 5.82 Å². The first-order valence-corrected chi connectivity index (χ1v) is 7.15. The third-order valence-corrected chi connectivity index (χ3v) is 4.08. The SMILES string of the molecule is Nc1ccccc1-c1nc2cccc(Cl)c2n1C1CC1. The molecule has 1 aliphatic rings. The summed E-state index contributed by atoms with van der Waals surface area (Å²) in [6.45, 7) is 0. The number of halogens is 1. The van der Waals surface area contributed by atoms with Gasteiger partial charge in [0, 0.05) is 17.3 Å². The van der Waals surface area contributed by atoms with Crippen molar-refractivity contribution in [3.05, 3.63) is 47.5 Å². The molecule has 3 aromatic rings. The maximum Gasteiger partial charge on any atom is 0.143 e. The minimum Gasteiger partial charge on any atom is -0.398 e. The van der Waals surface area contributed by atoms with Crippen LogP contribution in [0.5, 0.6) is 0 Å². The minimum atomic E-state index is 0.495. The normalized spacial score (nSPS) is 14.8. The first-order valence-electron chi connectivity index (χ1n) is 6.77. The van der Waals surface area contributed by atoms with Crippen LogP contribution < -0.4 is 5.73 Å². The lowest BCUT2D eigenvalue weighted by molar-refractivity contribution is 0.775. The third kappa shape index (κ3) is 1.70. The van der Waals surface area contributed by atoms with Gasteiger partial charge in [-0.3, -0.25) is 0 Å². The van der Waals surface area contributed by atoms with E-state index in [1.54, 1.807) is 0 Å². The molecule has 20 heavy (non-hydrogen) atoms. The Balaban J connectivity index is 2.07. The zero-order valence-corrected chi connectivity index (χ0v) is 11.6. The smallest absolute Gasteiger partial charge is 0.143 e. The lowest BCUT2D eigenvalue weighted by Crippen LogP contribution is -2.00. The number of hydrogen-bond acceptors (Lipinski definition) is 2. The van der Waals surface area contributed by atoms with E-state index in [2.05, 4.69) is 4.57 Å². The van der Waals surface area contributed by atoms with Crippen LogP contribution in [0.25, 0.3) is 22.4 Å². The van der Waals surface area contributed by atoms with E-state index < -0.39 is 0 Å². The molecule has 1 saturated carbocycles. The number of nitrogen functional groups attached to an aromatic ring is 1. The first kappa shape index (κ1) is 11.8. The Kier molecular flexibility index (Phi) is 2.51. The molecule has 0 aliphatic heterocycles. The molecule has 4 heteroatoms. The van der Waals surface area contributed by atoms with E-state index in [4.69, 9.17) is 22.3 Å². The molecule has 1 fully saturated rings. The summed E-state index contributed by atoms with van der Waals surface area (Å²) in [5.74, 6) is 0.925. The maximum atomic E-state index is 6.38. The number of rotatable bonds is 2. The van der Waals surface area contributed by atoms with Gasteiger partial charge in [-0.05, 0) is 37.1 Å². The van der Waals surface area contributed by atoms with E-state index in [-0.39, 0.29) is 0 Å². The summed E-state index contributed by atoms with van der Waals surface area (Å²) >= 11 is 6.38. The van der Waals surface area contributed by atoms with E-state index >= 15 is 0 Å². The maximum absolute atomic E-state index is 6.38. The molecule has 100 valence electrons. The number of imidazole rings is 1. The van der Waals surface area contributed by atoms with Crippen molar-refractivity contribution in [2.75, 3.05) is 5.73 Å². The molecule has 2 aromatic carbocycles. The van der Waals surface area contributed by atoms with Gasteiger partial charge < -0.3 is 10.3 Å². The molecule has 1 heterocycles. The second kappa shape index (κ2) is 4.25. The highest BCUT2D eigenvalue weighted by Crippen LogP contribution is 2.43. The minimum absolute atomic E-state index is 0.495. The van der Waals surface area contributed by atoms with Crippen LogP contribution in [0, 0.1) is 0 Å². The number of nitrogens with zero attached hydrogens (tertiary/aromatic N) is 2. The highest BCUT2D eigenvalue weighted by Gasteiger charge is 2.29. The summed E-state index contributed by atoms with van der Waals surface area (Å²) in [4.78, 5) is 4.76. The molecule has 0 saturated heterocycles. The molecule has 0 atom stereocenters. The fourth-order valence-corrected chi connectivity index (χ4v) is 2.95. The van der Waals surface area contributed by atoms with Gasteiger partial charge >= 0.3 is 0 Å². The Morgan fingerprint density at radius 2 is 1.90 bits per heavy atom. The predicted octanol–water partition coefficient (Wildman–Crippen LogP) is 4.27. The summed E-state index contributed by atoms with van der Waals surface area (Å²) < 4.78 is 2.25. The van der Waals surface area contributed by atoms with E-state index in [1.165, 1.54) is 12.8 Å². The van der Waals surface area contributed by atoms with Gasteiger partial charge in [-0.25, -0.2) is 4.98 Å². The van der Waals surface area contributed by atoms with E-state index in [1.807, 2.05) is 42.5 Å². The summed E-state index contributed by atoms with van der Waals surface area (Å²) in [6.07, 6.45) is 2.35. The Labute approximate surface area is 122 Å². The van der Waals surface area contributed by atoms with Gasteiger partial charge in [0.15, 0.2) is 0 Å². The van der Waals surface area contributed by atoms with Crippen LogP contribution in [0.4, 0.5) is 5.69 Å². The number of hydrogen-bond donors (Lipinski definition) is 1. The van der Waals surface area contributed by atoms with Crippen molar-refractivity contribution in [3.8, 4) is 11.4 Å². The largest absolute Gasteiger partial charge is 0.398 e. The number of para-hydroxylation sites is 2. The van der Waals surface area contributed by atoms with Crippen molar-refractivity contribution >= 4 is 28.3 Å². The number of nitrogens with two attached hydrogens (primary N) is 1. The topological polar surface area (TPSA) is 43.8 Å².